The van der Waals surface area contributed by atoms with E-state index in [2.05, 4.69) is 20.4 Å². The monoisotopic (exact) mass is 492 g/mol. The lowest BCUT2D eigenvalue weighted by atomic mass is 10.1. The van der Waals surface area contributed by atoms with E-state index in [0.29, 0.717) is 5.56 Å². The Morgan fingerprint density at radius 3 is 2.34 bits per heavy atom. The van der Waals surface area contributed by atoms with Crippen LogP contribution in [0.1, 0.15) is 11.1 Å². The minimum Gasteiger partial charge on any atom is -0.406 e. The largest absolute Gasteiger partial charge is 0.573 e. The summed E-state index contributed by atoms with van der Waals surface area (Å²) in [6.45, 7) is 0.425. The molecule has 35 heavy (non-hydrogen) atoms. The molecule has 0 radical (unpaired) electrons. The maximum absolute atomic E-state index is 12.8. The number of nitrogens with zero attached hydrogens (tertiary/aromatic N) is 1. The fraction of sp³-hybridized carbons (Fsp3) is 0.261. The number of carbonyl (C=O) groups excluding carboxylic acids is 1. The number of H-pyrrole nitrogens is 1. The van der Waals surface area contributed by atoms with Gasteiger partial charge in [-0.1, -0.05) is 42.5 Å². The van der Waals surface area contributed by atoms with E-state index in [4.69, 9.17) is 4.74 Å². The second-order valence-electron chi connectivity index (χ2n) is 7.38. The lowest BCUT2D eigenvalue weighted by Gasteiger charge is -2.18. The number of hydrogen-bond donors (Lipinski definition) is 3. The normalized spacial score (nSPS) is 11.2. The first-order valence-electron chi connectivity index (χ1n) is 10.4. The molecule has 0 aliphatic carbocycles. The molecule has 0 atom stereocenters. The van der Waals surface area contributed by atoms with E-state index < -0.39 is 29.3 Å². The van der Waals surface area contributed by atoms with Gasteiger partial charge >= 0.3 is 12.1 Å². The summed E-state index contributed by atoms with van der Waals surface area (Å²) < 4.78 is 47.0. The Morgan fingerprint density at radius 1 is 1.03 bits per heavy atom. The van der Waals surface area contributed by atoms with Crippen LogP contribution in [0.2, 0.25) is 0 Å². The smallest absolute Gasteiger partial charge is 0.406 e. The zero-order chi connectivity index (χ0) is 25.4. The third-order valence-electron chi connectivity index (χ3n) is 4.81. The maximum Gasteiger partial charge on any atom is 0.573 e. The van der Waals surface area contributed by atoms with Gasteiger partial charge in [-0.05, 0) is 23.3 Å². The maximum atomic E-state index is 12.8. The first-order chi connectivity index (χ1) is 16.7. The average Bonchev–Trinajstić information content (AvgIpc) is 2.79. The molecule has 0 saturated carbocycles. The number of aromatic nitrogens is 2. The lowest BCUT2D eigenvalue weighted by Crippen LogP contribution is -2.36. The summed E-state index contributed by atoms with van der Waals surface area (Å²) in [6, 6.07) is 14.0. The van der Waals surface area contributed by atoms with Crippen LogP contribution < -0.4 is 26.6 Å². The number of anilines is 2. The van der Waals surface area contributed by atoms with Crippen molar-refractivity contribution in [1.29, 1.82) is 0 Å². The van der Waals surface area contributed by atoms with Gasteiger partial charge in [-0.3, -0.25) is 19.1 Å². The summed E-state index contributed by atoms with van der Waals surface area (Å²) in [4.78, 5) is 40.0. The number of rotatable bonds is 10. The van der Waals surface area contributed by atoms with Crippen LogP contribution in [0.4, 0.5) is 24.7 Å². The number of alkyl halides is 3. The summed E-state index contributed by atoms with van der Waals surface area (Å²) in [7, 11) is 1.44. The number of halogens is 3. The number of amides is 1. The van der Waals surface area contributed by atoms with Crippen LogP contribution in [0.25, 0.3) is 0 Å². The number of nitrogens with one attached hydrogen (secondary N) is 3. The zero-order valence-electron chi connectivity index (χ0n) is 18.6. The molecule has 0 bridgehead atoms. The van der Waals surface area contributed by atoms with Gasteiger partial charge in [0.15, 0.2) is 0 Å². The SMILES string of the molecule is COCCn1c(NC(=O)Cc2ccc(OC(F)(F)F)cc2)c(NCc2ccccc2)c(=O)[nH]c1=O. The van der Waals surface area contributed by atoms with Gasteiger partial charge in [0.1, 0.15) is 17.3 Å². The molecule has 3 rings (SSSR count). The van der Waals surface area contributed by atoms with Gasteiger partial charge in [-0.25, -0.2) is 4.79 Å². The van der Waals surface area contributed by atoms with Gasteiger partial charge in [-0.15, -0.1) is 13.2 Å². The lowest BCUT2D eigenvalue weighted by molar-refractivity contribution is -0.274. The Morgan fingerprint density at radius 2 is 1.71 bits per heavy atom. The van der Waals surface area contributed by atoms with Gasteiger partial charge in [0.2, 0.25) is 5.91 Å². The topological polar surface area (TPSA) is 114 Å². The molecule has 3 aromatic rings. The third kappa shape index (κ3) is 7.47. The second kappa shape index (κ2) is 11.4. The minimum absolute atomic E-state index is 0.0215. The van der Waals surface area contributed by atoms with Gasteiger partial charge in [0.05, 0.1) is 19.6 Å². The molecule has 1 amide bonds. The molecule has 12 heteroatoms. The van der Waals surface area contributed by atoms with Crippen LogP contribution in [-0.4, -0.2) is 35.5 Å². The van der Waals surface area contributed by atoms with Gasteiger partial charge in [-0.2, -0.15) is 0 Å². The van der Waals surface area contributed by atoms with Crippen molar-refractivity contribution in [3.05, 3.63) is 86.6 Å². The van der Waals surface area contributed by atoms with Crippen molar-refractivity contribution < 1.29 is 27.4 Å². The quantitative estimate of drug-likeness (QED) is 0.401. The van der Waals surface area contributed by atoms with Crippen LogP contribution in [0.15, 0.2) is 64.2 Å². The number of methoxy groups -OCH3 is 1. The summed E-state index contributed by atoms with van der Waals surface area (Å²) in [5.41, 5.74) is -0.219. The van der Waals surface area contributed by atoms with Crippen LogP contribution in [0, 0.1) is 0 Å². The number of ether oxygens (including phenoxy) is 2. The highest BCUT2D eigenvalue weighted by Gasteiger charge is 2.31. The summed E-state index contributed by atoms with van der Waals surface area (Å²) in [5.74, 6) is -1.06. The van der Waals surface area contributed by atoms with Crippen molar-refractivity contribution in [3.63, 3.8) is 0 Å². The van der Waals surface area contributed by atoms with Crippen molar-refractivity contribution in [2.45, 2.75) is 25.9 Å². The van der Waals surface area contributed by atoms with Gasteiger partial charge in [0.25, 0.3) is 5.56 Å². The summed E-state index contributed by atoms with van der Waals surface area (Å²) in [5, 5.41) is 5.54. The fourth-order valence-electron chi connectivity index (χ4n) is 3.22. The molecule has 186 valence electrons. The molecule has 9 nitrogen and oxygen atoms in total. The van der Waals surface area contributed by atoms with E-state index in [1.165, 1.54) is 19.2 Å². The first kappa shape index (κ1) is 25.6. The highest BCUT2D eigenvalue weighted by Crippen LogP contribution is 2.23. The van der Waals surface area contributed by atoms with Crippen molar-refractivity contribution in [1.82, 2.24) is 9.55 Å². The van der Waals surface area contributed by atoms with E-state index in [1.807, 2.05) is 30.3 Å². The van der Waals surface area contributed by atoms with E-state index in [0.717, 1.165) is 22.3 Å². The minimum atomic E-state index is -4.83. The fourth-order valence-corrected chi connectivity index (χ4v) is 3.22. The van der Waals surface area contributed by atoms with Crippen LogP contribution in [-0.2, 0) is 29.0 Å². The molecule has 0 fully saturated rings. The zero-order valence-corrected chi connectivity index (χ0v) is 18.6. The number of hydrogen-bond acceptors (Lipinski definition) is 6. The Labute approximate surface area is 197 Å². The van der Waals surface area contributed by atoms with E-state index >= 15 is 0 Å². The number of aromatic amines is 1. The predicted molar refractivity (Wildman–Crippen MR) is 122 cm³/mol. The van der Waals surface area contributed by atoms with Crippen LogP contribution >= 0.6 is 0 Å². The molecule has 2 aromatic carbocycles. The summed E-state index contributed by atoms with van der Waals surface area (Å²) in [6.07, 6.45) is -5.05. The molecule has 1 heterocycles. The molecular weight excluding hydrogens is 469 g/mol. The third-order valence-corrected chi connectivity index (χ3v) is 4.81. The van der Waals surface area contributed by atoms with Gasteiger partial charge in [0, 0.05) is 13.7 Å². The number of carbonyl (C=O) groups is 1. The molecule has 3 N–H and O–H groups in total. The Hall–Kier alpha value is -4.06. The van der Waals surface area contributed by atoms with Crippen molar-refractivity contribution in [3.8, 4) is 5.75 Å². The molecule has 0 spiro atoms. The molecule has 1 aromatic heterocycles. The van der Waals surface area contributed by atoms with E-state index in [-0.39, 0.29) is 37.6 Å². The Bertz CT molecular complexity index is 1260. The molecule has 0 aliphatic rings. The van der Waals surface area contributed by atoms with Crippen molar-refractivity contribution >= 4 is 17.4 Å². The molecule has 0 unspecified atom stereocenters. The van der Waals surface area contributed by atoms with Crippen molar-refractivity contribution in [2.24, 2.45) is 0 Å². The second-order valence-corrected chi connectivity index (χ2v) is 7.38. The van der Waals surface area contributed by atoms with Crippen molar-refractivity contribution in [2.75, 3.05) is 24.4 Å². The Kier molecular flexibility index (Phi) is 8.31. The van der Waals surface area contributed by atoms with E-state index in [9.17, 15) is 27.6 Å². The molecule has 0 aliphatic heterocycles. The number of benzene rings is 2. The first-order valence-corrected chi connectivity index (χ1v) is 10.4. The predicted octanol–water partition coefficient (Wildman–Crippen LogP) is 2.87. The Balaban J connectivity index is 1.84. The van der Waals surface area contributed by atoms with Crippen LogP contribution in [0.3, 0.4) is 0 Å². The highest BCUT2D eigenvalue weighted by atomic mass is 19.4. The standard InChI is InChI=1S/C23H23F3N4O5/c1-34-12-11-30-20(19(21(32)29-22(30)33)27-14-16-5-3-2-4-6-16)28-18(31)13-15-7-9-17(10-8-15)35-23(24,25)26/h2-10,27H,11-14H2,1H3,(H,28,31)(H,29,32,33). The molecular formula is C23H23F3N4O5. The average molecular weight is 492 g/mol. The van der Waals surface area contributed by atoms with Gasteiger partial charge < -0.3 is 20.1 Å². The van der Waals surface area contributed by atoms with Crippen LogP contribution in [0.5, 0.6) is 5.75 Å². The highest BCUT2D eigenvalue weighted by molar-refractivity contribution is 5.94. The summed E-state index contributed by atoms with van der Waals surface area (Å²) >= 11 is 0. The van der Waals surface area contributed by atoms with E-state index in [1.54, 1.807) is 0 Å². The molecule has 0 saturated heterocycles.